The van der Waals surface area contributed by atoms with Crippen LogP contribution in [0.1, 0.15) is 24.8 Å². The smallest absolute Gasteiger partial charge is 0.301 e. The first-order valence-corrected chi connectivity index (χ1v) is 9.35. The Labute approximate surface area is 135 Å². The summed E-state index contributed by atoms with van der Waals surface area (Å²) < 4.78 is 29.3. The Balaban J connectivity index is 1.88. The second-order valence-corrected chi connectivity index (χ2v) is 8.13. The van der Waals surface area contributed by atoms with E-state index in [2.05, 4.69) is 26.0 Å². The van der Waals surface area contributed by atoms with Crippen LogP contribution < -0.4 is 10.0 Å². The first-order chi connectivity index (χ1) is 9.88. The van der Waals surface area contributed by atoms with E-state index in [-0.39, 0.29) is 0 Å². The largest absolute Gasteiger partial charge is 0.314 e. The van der Waals surface area contributed by atoms with E-state index in [0.717, 1.165) is 23.0 Å². The van der Waals surface area contributed by atoms with Gasteiger partial charge in [-0.25, -0.2) is 0 Å². The zero-order valence-electron chi connectivity index (χ0n) is 12.4. The molecule has 0 aliphatic heterocycles. The first-order valence-electron chi connectivity index (χ1n) is 7.12. The van der Waals surface area contributed by atoms with Crippen molar-refractivity contribution in [3.05, 3.63) is 28.2 Å². The lowest BCUT2D eigenvalue weighted by Crippen LogP contribution is -2.34. The Morgan fingerprint density at radius 1 is 1.38 bits per heavy atom. The first kappa shape index (κ1) is 16.7. The molecule has 5 nitrogen and oxygen atoms in total. The Kier molecular flexibility index (Phi) is 5.65. The zero-order chi connectivity index (χ0) is 15.5. The van der Waals surface area contributed by atoms with Crippen LogP contribution >= 0.6 is 15.9 Å². The van der Waals surface area contributed by atoms with Crippen LogP contribution in [0, 0.1) is 6.92 Å². The Morgan fingerprint density at radius 2 is 2.10 bits per heavy atom. The summed E-state index contributed by atoms with van der Waals surface area (Å²) in [6.07, 6.45) is 3.30. The highest BCUT2D eigenvalue weighted by Crippen LogP contribution is 2.24. The van der Waals surface area contributed by atoms with Gasteiger partial charge in [0.15, 0.2) is 0 Å². The van der Waals surface area contributed by atoms with Gasteiger partial charge in [0.25, 0.3) is 0 Å². The molecule has 1 fully saturated rings. The van der Waals surface area contributed by atoms with Crippen LogP contribution in [0.15, 0.2) is 22.7 Å². The van der Waals surface area contributed by atoms with Gasteiger partial charge in [-0.1, -0.05) is 6.07 Å². The van der Waals surface area contributed by atoms with Gasteiger partial charge < -0.3 is 5.32 Å². The van der Waals surface area contributed by atoms with E-state index in [1.54, 1.807) is 7.05 Å². The second-order valence-electron chi connectivity index (χ2n) is 5.49. The van der Waals surface area contributed by atoms with E-state index in [1.165, 1.54) is 17.1 Å². The SMILES string of the molecule is Cc1ccc(Br)c(NS(=O)(=O)N(C)CCCNC2CC2)c1. The van der Waals surface area contributed by atoms with E-state index in [0.29, 0.717) is 18.3 Å². The highest BCUT2D eigenvalue weighted by molar-refractivity contribution is 9.10. The van der Waals surface area contributed by atoms with Gasteiger partial charge in [0.2, 0.25) is 0 Å². The summed E-state index contributed by atoms with van der Waals surface area (Å²) in [5.41, 5.74) is 1.57. The summed E-state index contributed by atoms with van der Waals surface area (Å²) in [7, 11) is -1.91. The van der Waals surface area contributed by atoms with Crippen molar-refractivity contribution >= 4 is 31.8 Å². The molecule has 0 aromatic heterocycles. The number of hydrogen-bond donors (Lipinski definition) is 2. The minimum absolute atomic E-state index is 0.499. The van der Waals surface area contributed by atoms with E-state index in [1.807, 2.05) is 25.1 Å². The van der Waals surface area contributed by atoms with Crippen LogP contribution in [0.4, 0.5) is 5.69 Å². The Hall–Kier alpha value is -0.630. The molecule has 1 aliphatic rings. The molecule has 0 unspecified atom stereocenters. The van der Waals surface area contributed by atoms with Gasteiger partial charge in [-0.2, -0.15) is 12.7 Å². The van der Waals surface area contributed by atoms with Crippen molar-refractivity contribution in [3.63, 3.8) is 0 Å². The standard InChI is InChI=1S/C14H22BrN3O2S/c1-11-4-7-13(15)14(10-11)17-21(19,20)18(2)9-3-8-16-12-5-6-12/h4,7,10,12,16-17H,3,5-6,8-9H2,1-2H3. The second kappa shape index (κ2) is 7.09. The molecular formula is C14H22BrN3O2S. The molecule has 1 aromatic rings. The highest BCUT2D eigenvalue weighted by Gasteiger charge is 2.21. The molecule has 1 aromatic carbocycles. The van der Waals surface area contributed by atoms with Gasteiger partial charge in [-0.15, -0.1) is 0 Å². The molecule has 0 spiro atoms. The molecular weight excluding hydrogens is 354 g/mol. The minimum Gasteiger partial charge on any atom is -0.314 e. The van der Waals surface area contributed by atoms with Gasteiger partial charge in [0.1, 0.15) is 0 Å². The van der Waals surface area contributed by atoms with Gasteiger partial charge in [-0.05, 0) is 66.4 Å². The fraction of sp³-hybridized carbons (Fsp3) is 0.571. The lowest BCUT2D eigenvalue weighted by molar-refractivity contribution is 0.458. The highest BCUT2D eigenvalue weighted by atomic mass is 79.9. The van der Waals surface area contributed by atoms with Crippen LogP contribution in [-0.4, -0.2) is 38.9 Å². The van der Waals surface area contributed by atoms with Crippen LogP contribution in [-0.2, 0) is 10.2 Å². The maximum Gasteiger partial charge on any atom is 0.301 e. The molecule has 0 heterocycles. The third kappa shape index (κ3) is 5.25. The summed E-state index contributed by atoms with van der Waals surface area (Å²) in [6.45, 7) is 3.29. The van der Waals surface area contributed by atoms with Gasteiger partial charge >= 0.3 is 10.2 Å². The molecule has 118 valence electrons. The van der Waals surface area contributed by atoms with Gasteiger partial charge in [0, 0.05) is 24.1 Å². The molecule has 1 aliphatic carbocycles. The molecule has 0 bridgehead atoms. The summed E-state index contributed by atoms with van der Waals surface area (Å²) >= 11 is 3.36. The van der Waals surface area contributed by atoms with Crippen molar-refractivity contribution in [3.8, 4) is 0 Å². The van der Waals surface area contributed by atoms with Crippen molar-refractivity contribution in [2.45, 2.75) is 32.2 Å². The van der Waals surface area contributed by atoms with E-state index >= 15 is 0 Å². The average molecular weight is 376 g/mol. The molecule has 0 saturated heterocycles. The number of nitrogens with zero attached hydrogens (tertiary/aromatic N) is 1. The Morgan fingerprint density at radius 3 is 2.76 bits per heavy atom. The number of rotatable bonds is 8. The molecule has 2 N–H and O–H groups in total. The van der Waals surface area contributed by atoms with Crippen molar-refractivity contribution in [1.29, 1.82) is 0 Å². The molecule has 0 amide bonds. The van der Waals surface area contributed by atoms with Crippen molar-refractivity contribution < 1.29 is 8.42 Å². The zero-order valence-corrected chi connectivity index (χ0v) is 14.8. The van der Waals surface area contributed by atoms with E-state index in [4.69, 9.17) is 0 Å². The maximum absolute atomic E-state index is 12.3. The molecule has 1 saturated carbocycles. The third-order valence-electron chi connectivity index (χ3n) is 3.43. The fourth-order valence-electron chi connectivity index (χ4n) is 1.95. The van der Waals surface area contributed by atoms with Gasteiger partial charge in [-0.3, -0.25) is 4.72 Å². The predicted octanol–water partition coefficient (Wildman–Crippen LogP) is 2.49. The van der Waals surface area contributed by atoms with Crippen LogP contribution in [0.25, 0.3) is 0 Å². The van der Waals surface area contributed by atoms with Crippen LogP contribution in [0.3, 0.4) is 0 Å². The minimum atomic E-state index is -3.51. The number of aryl methyl sites for hydroxylation is 1. The molecule has 0 atom stereocenters. The third-order valence-corrected chi connectivity index (χ3v) is 5.60. The summed E-state index contributed by atoms with van der Waals surface area (Å²) in [4.78, 5) is 0. The summed E-state index contributed by atoms with van der Waals surface area (Å²) in [6, 6.07) is 6.24. The molecule has 2 rings (SSSR count). The lowest BCUT2D eigenvalue weighted by Gasteiger charge is -2.19. The van der Waals surface area contributed by atoms with E-state index in [9.17, 15) is 8.42 Å². The monoisotopic (exact) mass is 375 g/mol. The molecule has 7 heteroatoms. The number of halogens is 1. The normalized spacial score (nSPS) is 15.4. The quantitative estimate of drug-likeness (QED) is 0.686. The maximum atomic E-state index is 12.3. The van der Waals surface area contributed by atoms with Crippen molar-refractivity contribution in [1.82, 2.24) is 9.62 Å². The summed E-state index contributed by atoms with van der Waals surface area (Å²) in [5.74, 6) is 0. The Bertz CT molecular complexity index is 588. The lowest BCUT2D eigenvalue weighted by atomic mass is 10.2. The molecule has 0 radical (unpaired) electrons. The van der Waals surface area contributed by atoms with Gasteiger partial charge in [0.05, 0.1) is 5.69 Å². The number of hydrogen-bond acceptors (Lipinski definition) is 3. The van der Waals surface area contributed by atoms with Crippen LogP contribution in [0.2, 0.25) is 0 Å². The van der Waals surface area contributed by atoms with E-state index < -0.39 is 10.2 Å². The fourth-order valence-corrected chi connectivity index (χ4v) is 3.40. The number of nitrogens with one attached hydrogen (secondary N) is 2. The summed E-state index contributed by atoms with van der Waals surface area (Å²) in [5, 5.41) is 3.38. The van der Waals surface area contributed by atoms with Crippen molar-refractivity contribution in [2.24, 2.45) is 0 Å². The average Bonchev–Trinajstić information content (AvgIpc) is 3.22. The number of anilines is 1. The van der Waals surface area contributed by atoms with Crippen molar-refractivity contribution in [2.75, 3.05) is 24.9 Å². The molecule has 21 heavy (non-hydrogen) atoms. The number of benzene rings is 1. The van der Waals surface area contributed by atoms with Crippen LogP contribution in [0.5, 0.6) is 0 Å². The topological polar surface area (TPSA) is 61.4 Å². The predicted molar refractivity (Wildman–Crippen MR) is 89.7 cm³/mol.